The van der Waals surface area contributed by atoms with Gasteiger partial charge in [0.1, 0.15) is 24.5 Å². The number of rotatable bonds is 7. The molecule has 160 valence electrons. The second-order valence-corrected chi connectivity index (χ2v) is 8.25. The van der Waals surface area contributed by atoms with Gasteiger partial charge in [0.25, 0.3) is 0 Å². The molecule has 3 rings (SSSR count). The summed E-state index contributed by atoms with van der Waals surface area (Å²) >= 11 is 0. The first-order valence-electron chi connectivity index (χ1n) is 9.87. The van der Waals surface area contributed by atoms with Gasteiger partial charge in [-0.1, -0.05) is 42.5 Å². The fourth-order valence-electron chi connectivity index (χ4n) is 3.61. The van der Waals surface area contributed by atoms with Crippen molar-refractivity contribution in [3.63, 3.8) is 0 Å². The van der Waals surface area contributed by atoms with Gasteiger partial charge in [-0.25, -0.2) is 4.79 Å². The van der Waals surface area contributed by atoms with Crippen LogP contribution >= 0.6 is 0 Å². The largest absolute Gasteiger partial charge is 0.460 e. The highest BCUT2D eigenvalue weighted by molar-refractivity contribution is 5.96. The molecule has 2 fully saturated rings. The second kappa shape index (κ2) is 8.69. The van der Waals surface area contributed by atoms with Crippen LogP contribution in [-0.2, 0) is 23.9 Å². The monoisotopic (exact) mass is 414 g/mol. The molecule has 2 amide bonds. The molecule has 0 radical (unpaired) electrons. The number of nitrogens with zero attached hydrogens (tertiary/aromatic N) is 2. The smallest absolute Gasteiger partial charge is 0.410 e. The number of esters is 1. The number of aldehydes is 1. The van der Waals surface area contributed by atoms with Gasteiger partial charge in [0.15, 0.2) is 0 Å². The molecule has 2 saturated heterocycles. The lowest BCUT2D eigenvalue weighted by atomic mass is 9.89. The summed E-state index contributed by atoms with van der Waals surface area (Å²) in [7, 11) is 0. The van der Waals surface area contributed by atoms with Crippen LogP contribution in [0, 0.1) is 0 Å². The van der Waals surface area contributed by atoms with Crippen molar-refractivity contribution in [2.24, 2.45) is 0 Å². The number of benzene rings is 1. The zero-order valence-corrected chi connectivity index (χ0v) is 17.3. The molecule has 2 aliphatic heterocycles. The molecule has 30 heavy (non-hydrogen) atoms. The Balaban J connectivity index is 1.82. The fourth-order valence-corrected chi connectivity index (χ4v) is 3.61. The van der Waals surface area contributed by atoms with Gasteiger partial charge in [-0.05, 0) is 26.3 Å². The average Bonchev–Trinajstić information content (AvgIpc) is 3.08. The molecule has 2 heterocycles. The van der Waals surface area contributed by atoms with Crippen LogP contribution in [0.3, 0.4) is 0 Å². The molecular weight excluding hydrogens is 388 g/mol. The average molecular weight is 414 g/mol. The highest BCUT2D eigenvalue weighted by Gasteiger charge is 2.54. The predicted octanol–water partition coefficient (Wildman–Crippen LogP) is 2.03. The van der Waals surface area contributed by atoms with Crippen molar-refractivity contribution in [1.29, 1.82) is 0 Å². The van der Waals surface area contributed by atoms with Crippen LogP contribution in [0.4, 0.5) is 4.79 Å². The first-order chi connectivity index (χ1) is 14.2. The van der Waals surface area contributed by atoms with Gasteiger partial charge in [0.05, 0.1) is 25.0 Å². The lowest BCUT2D eigenvalue weighted by Gasteiger charge is -2.50. The summed E-state index contributed by atoms with van der Waals surface area (Å²) in [4.78, 5) is 51.6. The number of carbonyl (C=O) groups excluding carboxylic acids is 4. The van der Waals surface area contributed by atoms with Gasteiger partial charge in [-0.3, -0.25) is 14.5 Å². The molecular formula is C22H26N2O6. The highest BCUT2D eigenvalue weighted by atomic mass is 16.6. The fraction of sp³-hybridized carbons (Fsp3) is 0.455. The maximum Gasteiger partial charge on any atom is 0.410 e. The Hall–Kier alpha value is -3.16. The molecule has 0 aliphatic carbocycles. The number of β-lactam (4-membered cyclic amide) rings is 1. The SMILES string of the molecule is CC(C)(C)OC(=O)C[C@@H](C=O)N1C(=O)C(N2CCOC2=O)[C@H]1/C=C/c1ccccc1. The zero-order valence-electron chi connectivity index (χ0n) is 17.3. The standard InChI is InChI=1S/C22H26N2O6/c1-22(2,3)30-18(26)13-16(14-25)24-17(10-9-15-7-5-4-6-8-15)19(20(24)27)23-11-12-29-21(23)28/h4-10,14,16-17,19H,11-13H2,1-3H3/b10-9+/t16-,17+,19?/m0/s1. The van der Waals surface area contributed by atoms with Crippen molar-refractivity contribution in [3.05, 3.63) is 42.0 Å². The molecule has 2 aliphatic rings. The van der Waals surface area contributed by atoms with Crippen LogP contribution in [0.1, 0.15) is 32.8 Å². The molecule has 0 bridgehead atoms. The third kappa shape index (κ3) is 4.69. The van der Waals surface area contributed by atoms with E-state index in [-0.39, 0.29) is 13.0 Å². The predicted molar refractivity (Wildman–Crippen MR) is 108 cm³/mol. The summed E-state index contributed by atoms with van der Waals surface area (Å²) < 4.78 is 10.3. The van der Waals surface area contributed by atoms with E-state index >= 15 is 0 Å². The van der Waals surface area contributed by atoms with Gasteiger partial charge in [0, 0.05) is 0 Å². The van der Waals surface area contributed by atoms with E-state index < -0.39 is 41.7 Å². The first-order valence-corrected chi connectivity index (χ1v) is 9.87. The Bertz CT molecular complexity index is 845. The molecule has 0 saturated carbocycles. The van der Waals surface area contributed by atoms with Crippen LogP contribution in [0.2, 0.25) is 0 Å². The Morgan fingerprint density at radius 1 is 1.27 bits per heavy atom. The van der Waals surface area contributed by atoms with Gasteiger partial charge < -0.3 is 19.2 Å². The molecule has 0 spiro atoms. The van der Waals surface area contributed by atoms with E-state index in [1.54, 1.807) is 26.8 Å². The Labute approximate surface area is 175 Å². The Morgan fingerprint density at radius 3 is 2.53 bits per heavy atom. The Kier molecular flexibility index (Phi) is 6.24. The summed E-state index contributed by atoms with van der Waals surface area (Å²) in [5.74, 6) is -0.959. The minimum Gasteiger partial charge on any atom is -0.460 e. The van der Waals surface area contributed by atoms with Gasteiger partial charge in [-0.15, -0.1) is 0 Å². The third-order valence-electron chi connectivity index (χ3n) is 4.88. The number of likely N-dealkylation sites (tertiary alicyclic amines) is 1. The lowest BCUT2D eigenvalue weighted by molar-refractivity contribution is -0.165. The molecule has 0 aromatic heterocycles. The maximum absolute atomic E-state index is 12.9. The summed E-state index contributed by atoms with van der Waals surface area (Å²) in [5.41, 5.74) is 0.215. The van der Waals surface area contributed by atoms with Gasteiger partial charge in [0.2, 0.25) is 5.91 Å². The Morgan fingerprint density at radius 2 is 1.97 bits per heavy atom. The number of hydrogen-bond donors (Lipinski definition) is 0. The summed E-state index contributed by atoms with van der Waals surface area (Å²) in [6.07, 6.45) is 3.37. The normalized spacial score (nSPS) is 22.6. The summed E-state index contributed by atoms with van der Waals surface area (Å²) in [5, 5.41) is 0. The summed E-state index contributed by atoms with van der Waals surface area (Å²) in [6, 6.07) is 7.17. The van der Waals surface area contributed by atoms with E-state index in [4.69, 9.17) is 9.47 Å². The van der Waals surface area contributed by atoms with E-state index in [2.05, 4.69) is 0 Å². The van der Waals surface area contributed by atoms with Crippen molar-refractivity contribution in [1.82, 2.24) is 9.80 Å². The lowest BCUT2D eigenvalue weighted by Crippen LogP contribution is -2.72. The molecule has 8 heteroatoms. The van der Waals surface area contributed by atoms with E-state index in [9.17, 15) is 19.2 Å². The molecule has 3 atom stereocenters. The van der Waals surface area contributed by atoms with Crippen LogP contribution in [0.25, 0.3) is 6.08 Å². The van der Waals surface area contributed by atoms with Crippen molar-refractivity contribution < 1.29 is 28.7 Å². The van der Waals surface area contributed by atoms with E-state index in [1.807, 2.05) is 36.4 Å². The van der Waals surface area contributed by atoms with Gasteiger partial charge >= 0.3 is 12.1 Å². The van der Waals surface area contributed by atoms with Crippen molar-refractivity contribution in [2.45, 2.75) is 50.9 Å². The minimum absolute atomic E-state index is 0.215. The number of amides is 2. The highest BCUT2D eigenvalue weighted by Crippen LogP contribution is 2.32. The molecule has 8 nitrogen and oxygen atoms in total. The number of cyclic esters (lactones) is 1. The number of ether oxygens (including phenoxy) is 2. The zero-order chi connectivity index (χ0) is 21.9. The third-order valence-corrected chi connectivity index (χ3v) is 4.88. The number of carbonyl (C=O) groups is 4. The quantitative estimate of drug-likeness (QED) is 0.385. The maximum atomic E-state index is 12.9. The molecule has 1 aromatic rings. The second-order valence-electron chi connectivity index (χ2n) is 8.25. The minimum atomic E-state index is -0.979. The van der Waals surface area contributed by atoms with E-state index in [0.29, 0.717) is 12.8 Å². The van der Waals surface area contributed by atoms with Crippen molar-refractivity contribution in [2.75, 3.05) is 13.2 Å². The van der Waals surface area contributed by atoms with E-state index in [0.717, 1.165) is 5.56 Å². The molecule has 1 aromatic carbocycles. The topological polar surface area (TPSA) is 93.2 Å². The van der Waals surface area contributed by atoms with Crippen LogP contribution < -0.4 is 0 Å². The van der Waals surface area contributed by atoms with Crippen LogP contribution in [0.5, 0.6) is 0 Å². The van der Waals surface area contributed by atoms with E-state index in [1.165, 1.54) is 9.80 Å². The molecule has 1 unspecified atom stereocenters. The summed E-state index contributed by atoms with van der Waals surface area (Å²) in [6.45, 7) is 5.71. The van der Waals surface area contributed by atoms with Gasteiger partial charge in [-0.2, -0.15) is 0 Å². The van der Waals surface area contributed by atoms with Crippen molar-refractivity contribution in [3.8, 4) is 0 Å². The van der Waals surface area contributed by atoms with Crippen LogP contribution in [-0.4, -0.2) is 70.9 Å². The number of hydrogen-bond acceptors (Lipinski definition) is 6. The molecule has 0 N–H and O–H groups in total. The van der Waals surface area contributed by atoms with Crippen LogP contribution in [0.15, 0.2) is 36.4 Å². The first kappa shape index (κ1) is 21.5. The van der Waals surface area contributed by atoms with Crippen molar-refractivity contribution >= 4 is 30.3 Å².